The van der Waals surface area contributed by atoms with Crippen LogP contribution in [0, 0.1) is 0 Å². The molecule has 2 aromatic rings. The average molecular weight is 358 g/mol. The number of hydrogen-bond acceptors (Lipinski definition) is 7. The number of nitrogens with two attached hydrogens (primary N) is 1. The van der Waals surface area contributed by atoms with Gasteiger partial charge in [-0.3, -0.25) is 0 Å². The summed E-state index contributed by atoms with van der Waals surface area (Å²) in [7, 11) is 0. The number of pyridine rings is 1. The highest BCUT2D eigenvalue weighted by molar-refractivity contribution is 5.77. The van der Waals surface area contributed by atoms with Crippen LogP contribution in [0.2, 0.25) is 0 Å². The molecule has 26 heavy (non-hydrogen) atoms. The van der Waals surface area contributed by atoms with Crippen LogP contribution in [0.3, 0.4) is 0 Å². The maximum Gasteiger partial charge on any atom is 0.153 e. The molecule has 0 amide bonds. The zero-order valence-corrected chi connectivity index (χ0v) is 15.3. The number of anilines is 4. The van der Waals surface area contributed by atoms with Gasteiger partial charge in [0.1, 0.15) is 11.5 Å². The third-order valence-corrected chi connectivity index (χ3v) is 4.10. The van der Waals surface area contributed by atoms with Crippen molar-refractivity contribution < 1.29 is 14.2 Å². The molecule has 7 heteroatoms. The minimum absolute atomic E-state index is 0.558. The smallest absolute Gasteiger partial charge is 0.153 e. The van der Waals surface area contributed by atoms with Gasteiger partial charge in [0.2, 0.25) is 0 Å². The summed E-state index contributed by atoms with van der Waals surface area (Å²) in [5.41, 5.74) is 8.38. The summed E-state index contributed by atoms with van der Waals surface area (Å²) in [6.07, 6.45) is 1.70. The van der Waals surface area contributed by atoms with Gasteiger partial charge in [0.15, 0.2) is 5.82 Å². The van der Waals surface area contributed by atoms with Gasteiger partial charge in [0, 0.05) is 31.4 Å². The molecule has 3 rings (SSSR count). The molecule has 0 bridgehead atoms. The van der Waals surface area contributed by atoms with Crippen molar-refractivity contribution in [3.8, 4) is 11.5 Å². The highest BCUT2D eigenvalue weighted by Crippen LogP contribution is 2.40. The molecule has 2 heterocycles. The van der Waals surface area contributed by atoms with Crippen molar-refractivity contribution in [3.63, 3.8) is 0 Å². The summed E-state index contributed by atoms with van der Waals surface area (Å²) in [5.74, 6) is 2.13. The van der Waals surface area contributed by atoms with Crippen molar-refractivity contribution in [2.24, 2.45) is 0 Å². The van der Waals surface area contributed by atoms with E-state index in [1.165, 1.54) is 0 Å². The predicted molar refractivity (Wildman–Crippen MR) is 104 cm³/mol. The summed E-state index contributed by atoms with van der Waals surface area (Å²) in [4.78, 5) is 6.56. The lowest BCUT2D eigenvalue weighted by molar-refractivity contribution is 0.122. The van der Waals surface area contributed by atoms with Gasteiger partial charge in [-0.25, -0.2) is 4.98 Å². The van der Waals surface area contributed by atoms with Crippen molar-refractivity contribution in [2.45, 2.75) is 13.8 Å². The monoisotopic (exact) mass is 358 g/mol. The van der Waals surface area contributed by atoms with Crippen LogP contribution in [0.5, 0.6) is 11.5 Å². The number of nitrogens with one attached hydrogen (secondary N) is 1. The molecule has 1 aliphatic heterocycles. The maximum absolute atomic E-state index is 6.02. The van der Waals surface area contributed by atoms with Crippen LogP contribution in [0.4, 0.5) is 22.9 Å². The van der Waals surface area contributed by atoms with Gasteiger partial charge < -0.3 is 30.2 Å². The summed E-state index contributed by atoms with van der Waals surface area (Å²) in [6, 6.07) is 7.58. The van der Waals surface area contributed by atoms with Crippen molar-refractivity contribution in [2.75, 3.05) is 55.5 Å². The Bertz CT molecular complexity index is 733. The lowest BCUT2D eigenvalue weighted by Gasteiger charge is -2.31. The van der Waals surface area contributed by atoms with E-state index in [9.17, 15) is 0 Å². The standard InChI is InChI=1S/C19H26N4O3/c1-3-25-17-13-16(23-8-10-24-11-9-23)18(26-4-2)12-15(17)22-19-14(20)6-5-7-21-19/h5-7,12-13H,3-4,8-11,20H2,1-2H3,(H,21,22). The van der Waals surface area contributed by atoms with Crippen molar-refractivity contribution in [1.29, 1.82) is 0 Å². The molecule has 3 N–H and O–H groups in total. The van der Waals surface area contributed by atoms with Crippen LogP contribution in [-0.4, -0.2) is 44.5 Å². The third kappa shape index (κ3) is 4.11. The molecule has 1 fully saturated rings. The van der Waals surface area contributed by atoms with E-state index in [-0.39, 0.29) is 0 Å². The zero-order valence-electron chi connectivity index (χ0n) is 15.3. The Labute approximate surface area is 154 Å². The molecule has 1 aromatic carbocycles. The predicted octanol–water partition coefficient (Wildman–Crippen LogP) is 3.04. The Kier molecular flexibility index (Phi) is 6.01. The largest absolute Gasteiger partial charge is 0.492 e. The van der Waals surface area contributed by atoms with Gasteiger partial charge in [-0.2, -0.15) is 0 Å². The fourth-order valence-corrected chi connectivity index (χ4v) is 2.89. The number of aromatic nitrogens is 1. The molecule has 0 spiro atoms. The molecule has 0 atom stereocenters. The summed E-state index contributed by atoms with van der Waals surface area (Å²) in [5, 5.41) is 3.27. The average Bonchev–Trinajstić information content (AvgIpc) is 2.66. The number of benzene rings is 1. The quantitative estimate of drug-likeness (QED) is 0.787. The number of ether oxygens (including phenoxy) is 3. The minimum Gasteiger partial charge on any atom is -0.492 e. The topological polar surface area (TPSA) is 81.9 Å². The summed E-state index contributed by atoms with van der Waals surface area (Å²) in [6.45, 7) is 8.14. The van der Waals surface area contributed by atoms with Crippen LogP contribution >= 0.6 is 0 Å². The first kappa shape index (κ1) is 18.1. The van der Waals surface area contributed by atoms with Crippen molar-refractivity contribution in [3.05, 3.63) is 30.5 Å². The summed E-state index contributed by atoms with van der Waals surface area (Å²) >= 11 is 0. The third-order valence-electron chi connectivity index (χ3n) is 4.10. The van der Waals surface area contributed by atoms with Gasteiger partial charge in [0.25, 0.3) is 0 Å². The molecule has 0 radical (unpaired) electrons. The minimum atomic E-state index is 0.558. The number of morpholine rings is 1. The second-order valence-electron chi connectivity index (χ2n) is 5.85. The second kappa shape index (κ2) is 8.62. The number of nitrogens with zero attached hydrogens (tertiary/aromatic N) is 2. The van der Waals surface area contributed by atoms with E-state index < -0.39 is 0 Å². The van der Waals surface area contributed by atoms with E-state index in [1.807, 2.05) is 26.0 Å². The first-order valence-corrected chi connectivity index (χ1v) is 8.96. The Balaban J connectivity index is 1.99. The molecule has 0 saturated carbocycles. The first-order valence-electron chi connectivity index (χ1n) is 8.96. The van der Waals surface area contributed by atoms with Gasteiger partial charge in [-0.1, -0.05) is 0 Å². The highest BCUT2D eigenvalue weighted by atomic mass is 16.5. The number of hydrogen-bond donors (Lipinski definition) is 2. The van der Waals surface area contributed by atoms with E-state index in [4.69, 9.17) is 19.9 Å². The molecule has 1 aromatic heterocycles. The van der Waals surface area contributed by atoms with Crippen LogP contribution in [0.25, 0.3) is 0 Å². The van der Waals surface area contributed by atoms with Gasteiger partial charge >= 0.3 is 0 Å². The van der Waals surface area contributed by atoms with Gasteiger partial charge in [0.05, 0.1) is 43.5 Å². The van der Waals surface area contributed by atoms with Crippen LogP contribution in [-0.2, 0) is 4.74 Å². The molecule has 0 aliphatic carbocycles. The molecular weight excluding hydrogens is 332 g/mol. The van der Waals surface area contributed by atoms with Crippen LogP contribution in [0.1, 0.15) is 13.8 Å². The van der Waals surface area contributed by atoms with Gasteiger partial charge in [-0.05, 0) is 26.0 Å². The first-order chi connectivity index (χ1) is 12.7. The number of rotatable bonds is 7. The van der Waals surface area contributed by atoms with E-state index in [1.54, 1.807) is 18.3 Å². The molecule has 1 aliphatic rings. The SMILES string of the molecule is CCOc1cc(N2CCOCC2)c(OCC)cc1Nc1ncccc1N. The molecule has 0 unspecified atom stereocenters. The Morgan fingerprint density at radius 3 is 2.58 bits per heavy atom. The highest BCUT2D eigenvalue weighted by Gasteiger charge is 2.20. The van der Waals surface area contributed by atoms with E-state index in [2.05, 4.69) is 15.2 Å². The lowest BCUT2D eigenvalue weighted by atomic mass is 10.2. The van der Waals surface area contributed by atoms with E-state index in [0.717, 1.165) is 36.0 Å². The Morgan fingerprint density at radius 1 is 1.15 bits per heavy atom. The fraction of sp³-hybridized carbons (Fsp3) is 0.421. The molecular formula is C19H26N4O3. The van der Waals surface area contributed by atoms with Crippen LogP contribution in [0.15, 0.2) is 30.5 Å². The fourth-order valence-electron chi connectivity index (χ4n) is 2.89. The number of nitrogen functional groups attached to an aromatic ring is 1. The normalized spacial score (nSPS) is 14.2. The maximum atomic E-state index is 6.02. The van der Waals surface area contributed by atoms with E-state index in [0.29, 0.717) is 37.9 Å². The van der Waals surface area contributed by atoms with Crippen molar-refractivity contribution in [1.82, 2.24) is 4.98 Å². The van der Waals surface area contributed by atoms with Gasteiger partial charge in [-0.15, -0.1) is 0 Å². The summed E-state index contributed by atoms with van der Waals surface area (Å²) < 4.78 is 17.2. The Morgan fingerprint density at radius 2 is 1.88 bits per heavy atom. The lowest BCUT2D eigenvalue weighted by Crippen LogP contribution is -2.36. The molecule has 1 saturated heterocycles. The Hall–Kier alpha value is -2.67. The zero-order chi connectivity index (χ0) is 18.4. The molecule has 140 valence electrons. The van der Waals surface area contributed by atoms with Crippen molar-refractivity contribution >= 4 is 22.9 Å². The molecule has 7 nitrogen and oxygen atoms in total. The second-order valence-corrected chi connectivity index (χ2v) is 5.85. The van der Waals surface area contributed by atoms with Crippen LogP contribution < -0.4 is 25.4 Å². The van der Waals surface area contributed by atoms with E-state index >= 15 is 0 Å².